The maximum absolute atomic E-state index is 13.2. The molecular formula is C45H32N4O. The van der Waals surface area contributed by atoms with Crippen molar-refractivity contribution in [3.05, 3.63) is 168 Å². The van der Waals surface area contributed by atoms with E-state index in [1.54, 1.807) is 9.13 Å². The summed E-state index contributed by atoms with van der Waals surface area (Å²) < 4.78 is 3.46. The van der Waals surface area contributed by atoms with Crippen LogP contribution in [-0.4, -0.2) is 19.1 Å². The zero-order chi connectivity index (χ0) is 33.8. The van der Waals surface area contributed by atoms with E-state index in [1.807, 2.05) is 74.8 Å². The molecule has 0 saturated carbocycles. The minimum Gasteiger partial charge on any atom is -0.295 e. The third kappa shape index (κ3) is 4.91. The second kappa shape index (κ2) is 11.8. The Kier molecular flexibility index (Phi) is 6.99. The van der Waals surface area contributed by atoms with E-state index >= 15 is 0 Å². The Bertz CT molecular complexity index is 2740. The van der Waals surface area contributed by atoms with E-state index in [9.17, 15) is 4.79 Å². The molecule has 0 aliphatic rings. The number of imidazole rings is 1. The van der Waals surface area contributed by atoms with Gasteiger partial charge >= 0.3 is 5.69 Å². The first-order chi connectivity index (χ1) is 24.5. The summed E-state index contributed by atoms with van der Waals surface area (Å²) in [4.78, 5) is 23.4. The maximum atomic E-state index is 13.2. The molecule has 0 radical (unpaired) electrons. The van der Waals surface area contributed by atoms with Gasteiger partial charge in [0, 0.05) is 36.3 Å². The second-order valence-electron chi connectivity index (χ2n) is 12.8. The van der Waals surface area contributed by atoms with Crippen molar-refractivity contribution in [3.8, 4) is 56.2 Å². The van der Waals surface area contributed by atoms with Gasteiger partial charge in [-0.3, -0.25) is 9.13 Å². The molecule has 0 saturated heterocycles. The van der Waals surface area contributed by atoms with Crippen LogP contribution in [0.1, 0.15) is 0 Å². The van der Waals surface area contributed by atoms with Crippen LogP contribution in [0.3, 0.4) is 0 Å². The van der Waals surface area contributed by atoms with Crippen molar-refractivity contribution in [3.63, 3.8) is 0 Å². The van der Waals surface area contributed by atoms with Gasteiger partial charge in [0.25, 0.3) is 0 Å². The molecule has 0 bridgehead atoms. The number of aryl methyl sites for hydroxylation is 2. The van der Waals surface area contributed by atoms with Crippen molar-refractivity contribution in [1.29, 1.82) is 0 Å². The SMILES string of the molecule is Cn1c(=O)n(C)c2c(-c3cc(-c4cc(-c5ccccc5)nc(-c5ccccc5)n4)cc(-c4cc5ccccc5c5ccccc45)c3)cccc21. The first kappa shape index (κ1) is 29.5. The quantitative estimate of drug-likeness (QED) is 0.175. The molecule has 9 aromatic rings. The number of benzene rings is 7. The van der Waals surface area contributed by atoms with Gasteiger partial charge in [0.2, 0.25) is 0 Å². The Balaban J connectivity index is 1.37. The van der Waals surface area contributed by atoms with Crippen LogP contribution >= 0.6 is 0 Å². The average molecular weight is 645 g/mol. The molecule has 50 heavy (non-hydrogen) atoms. The Morgan fingerprint density at radius 1 is 0.440 bits per heavy atom. The summed E-state index contributed by atoms with van der Waals surface area (Å²) in [7, 11) is 3.67. The molecule has 0 fully saturated rings. The van der Waals surface area contributed by atoms with E-state index in [0.717, 1.165) is 61.4 Å². The summed E-state index contributed by atoms with van der Waals surface area (Å²) in [5, 5.41) is 4.79. The summed E-state index contributed by atoms with van der Waals surface area (Å²) in [6, 6.07) is 54.8. The Morgan fingerprint density at radius 2 is 1.02 bits per heavy atom. The van der Waals surface area contributed by atoms with E-state index in [1.165, 1.54) is 21.5 Å². The standard InChI is InChI=1S/C45H32N4O/c1-48-42-23-13-22-36(43(42)49(2)45(48)50)32-24-33(39-27-31-18-9-10-19-35(31)37-20-11-12-21-38(37)39)26-34(25-32)41-28-40(29-14-5-3-6-15-29)46-44(47-41)30-16-7-4-8-17-30/h3-28H,1-2H3. The van der Waals surface area contributed by atoms with Gasteiger partial charge in [-0.1, -0.05) is 121 Å². The molecule has 0 amide bonds. The van der Waals surface area contributed by atoms with Gasteiger partial charge < -0.3 is 0 Å². The molecule has 238 valence electrons. The first-order valence-corrected chi connectivity index (χ1v) is 16.7. The van der Waals surface area contributed by atoms with Crippen molar-refractivity contribution < 1.29 is 0 Å². The average Bonchev–Trinajstić information content (AvgIpc) is 3.41. The van der Waals surface area contributed by atoms with Crippen LogP contribution in [0.4, 0.5) is 0 Å². The molecular weight excluding hydrogens is 613 g/mol. The number of para-hydroxylation sites is 1. The summed E-state index contributed by atoms with van der Waals surface area (Å²) >= 11 is 0. The monoisotopic (exact) mass is 644 g/mol. The molecule has 0 aliphatic carbocycles. The number of nitrogens with zero attached hydrogens (tertiary/aromatic N) is 4. The number of hydrogen-bond donors (Lipinski definition) is 0. The Labute approximate surface area is 289 Å². The lowest BCUT2D eigenvalue weighted by Gasteiger charge is -2.16. The molecule has 0 aliphatic heterocycles. The van der Waals surface area contributed by atoms with Crippen molar-refractivity contribution in [1.82, 2.24) is 19.1 Å². The fourth-order valence-electron chi connectivity index (χ4n) is 7.26. The lowest BCUT2D eigenvalue weighted by molar-refractivity contribution is 0.795. The summed E-state index contributed by atoms with van der Waals surface area (Å²) in [5.74, 6) is 0.664. The summed E-state index contributed by atoms with van der Waals surface area (Å²) in [5.41, 5.74) is 10.5. The molecule has 0 spiro atoms. The number of rotatable bonds is 5. The highest BCUT2D eigenvalue weighted by Crippen LogP contribution is 2.40. The summed E-state index contributed by atoms with van der Waals surface area (Å²) in [6.07, 6.45) is 0. The van der Waals surface area contributed by atoms with E-state index < -0.39 is 0 Å². The zero-order valence-corrected chi connectivity index (χ0v) is 27.7. The van der Waals surface area contributed by atoms with Crippen LogP contribution in [-0.2, 0) is 14.1 Å². The van der Waals surface area contributed by atoms with Crippen LogP contribution in [0.15, 0.2) is 163 Å². The Hall–Kier alpha value is -6.59. The van der Waals surface area contributed by atoms with Gasteiger partial charge in [-0.2, -0.15) is 0 Å². The van der Waals surface area contributed by atoms with Gasteiger partial charge in [-0.05, 0) is 74.6 Å². The molecule has 0 atom stereocenters. The molecule has 0 N–H and O–H groups in total. The predicted molar refractivity (Wildman–Crippen MR) is 206 cm³/mol. The zero-order valence-electron chi connectivity index (χ0n) is 27.7. The van der Waals surface area contributed by atoms with Crippen molar-refractivity contribution in [2.75, 3.05) is 0 Å². The molecule has 5 heteroatoms. The van der Waals surface area contributed by atoms with Crippen LogP contribution in [0.5, 0.6) is 0 Å². The highest BCUT2D eigenvalue weighted by atomic mass is 16.1. The van der Waals surface area contributed by atoms with Gasteiger partial charge in [0.1, 0.15) is 0 Å². The molecule has 7 aromatic carbocycles. The Morgan fingerprint density at radius 3 is 1.76 bits per heavy atom. The van der Waals surface area contributed by atoms with Crippen LogP contribution in [0.2, 0.25) is 0 Å². The van der Waals surface area contributed by atoms with E-state index in [4.69, 9.17) is 9.97 Å². The third-order valence-corrected chi connectivity index (χ3v) is 9.73. The fraction of sp³-hybridized carbons (Fsp3) is 0.0444. The molecule has 0 unspecified atom stereocenters. The highest BCUT2D eigenvalue weighted by Gasteiger charge is 2.18. The molecule has 5 nitrogen and oxygen atoms in total. The number of aromatic nitrogens is 4. The van der Waals surface area contributed by atoms with Crippen LogP contribution in [0.25, 0.3) is 88.7 Å². The van der Waals surface area contributed by atoms with Gasteiger partial charge in [-0.25, -0.2) is 14.8 Å². The normalized spacial score (nSPS) is 11.5. The predicted octanol–water partition coefficient (Wildman–Crippen LogP) is 10.3. The molecule has 2 aromatic heterocycles. The van der Waals surface area contributed by atoms with E-state index in [-0.39, 0.29) is 5.69 Å². The van der Waals surface area contributed by atoms with Crippen LogP contribution in [0, 0.1) is 0 Å². The minimum absolute atomic E-state index is 0.0554. The van der Waals surface area contributed by atoms with E-state index in [2.05, 4.69) is 97.1 Å². The largest absolute Gasteiger partial charge is 0.328 e. The number of hydrogen-bond acceptors (Lipinski definition) is 3. The molecule has 9 rings (SSSR count). The van der Waals surface area contributed by atoms with Crippen molar-refractivity contribution in [2.24, 2.45) is 14.1 Å². The fourth-order valence-corrected chi connectivity index (χ4v) is 7.26. The second-order valence-corrected chi connectivity index (χ2v) is 12.8. The van der Waals surface area contributed by atoms with Gasteiger partial charge in [0.05, 0.1) is 22.4 Å². The van der Waals surface area contributed by atoms with Crippen molar-refractivity contribution >= 4 is 32.6 Å². The first-order valence-electron chi connectivity index (χ1n) is 16.7. The highest BCUT2D eigenvalue weighted by molar-refractivity contribution is 6.14. The van der Waals surface area contributed by atoms with Gasteiger partial charge in [0.15, 0.2) is 5.82 Å². The molecule has 2 heterocycles. The topological polar surface area (TPSA) is 52.7 Å². The lowest BCUT2D eigenvalue weighted by atomic mass is 9.89. The van der Waals surface area contributed by atoms with E-state index in [0.29, 0.717) is 5.82 Å². The van der Waals surface area contributed by atoms with Crippen molar-refractivity contribution in [2.45, 2.75) is 0 Å². The smallest absolute Gasteiger partial charge is 0.295 e. The third-order valence-electron chi connectivity index (χ3n) is 9.73. The number of fused-ring (bicyclic) bond motifs is 4. The van der Waals surface area contributed by atoms with Gasteiger partial charge in [-0.15, -0.1) is 0 Å². The maximum Gasteiger partial charge on any atom is 0.328 e. The summed E-state index contributed by atoms with van der Waals surface area (Å²) in [6.45, 7) is 0. The minimum atomic E-state index is -0.0554. The lowest BCUT2D eigenvalue weighted by Crippen LogP contribution is -2.19. The van der Waals surface area contributed by atoms with Crippen LogP contribution < -0.4 is 5.69 Å².